The normalized spacial score (nSPS) is 19.5. The molecule has 0 aromatic heterocycles. The van der Waals surface area contributed by atoms with Crippen molar-refractivity contribution in [2.45, 2.75) is 26.2 Å². The van der Waals surface area contributed by atoms with Gasteiger partial charge in [0.2, 0.25) is 0 Å². The third-order valence-electron chi connectivity index (χ3n) is 3.91. The molecule has 0 radical (unpaired) electrons. The van der Waals surface area contributed by atoms with Gasteiger partial charge in [-0.05, 0) is 56.5 Å². The highest BCUT2D eigenvalue weighted by atomic mass is 16.2. The van der Waals surface area contributed by atoms with E-state index in [1.165, 1.54) is 12.0 Å². The highest BCUT2D eigenvalue weighted by molar-refractivity contribution is 5.94. The molecule has 1 aliphatic rings. The molecule has 1 atom stereocenters. The van der Waals surface area contributed by atoms with Gasteiger partial charge in [0.25, 0.3) is 5.91 Å². The van der Waals surface area contributed by atoms with E-state index in [-0.39, 0.29) is 5.91 Å². The number of nitrogens with zero attached hydrogens (tertiary/aromatic N) is 1. The fraction of sp³-hybridized carbons (Fsp3) is 0.562. The Balaban J connectivity index is 2.01. The highest BCUT2D eigenvalue weighted by Gasteiger charge is 2.23. The molecule has 0 spiro atoms. The summed E-state index contributed by atoms with van der Waals surface area (Å²) in [5, 5.41) is 3.21. The lowest BCUT2D eigenvalue weighted by Gasteiger charge is -2.32. The van der Waals surface area contributed by atoms with Crippen LogP contribution in [0.25, 0.3) is 0 Å². The van der Waals surface area contributed by atoms with E-state index in [4.69, 9.17) is 0 Å². The van der Waals surface area contributed by atoms with E-state index in [0.717, 1.165) is 38.0 Å². The zero-order valence-corrected chi connectivity index (χ0v) is 12.0. The van der Waals surface area contributed by atoms with E-state index in [0.29, 0.717) is 5.92 Å². The Hall–Kier alpha value is -1.35. The first-order chi connectivity index (χ1) is 9.24. The van der Waals surface area contributed by atoms with Crippen LogP contribution in [0.3, 0.4) is 0 Å². The second-order valence-corrected chi connectivity index (χ2v) is 5.37. The summed E-state index contributed by atoms with van der Waals surface area (Å²) in [5.41, 5.74) is 2.10. The third-order valence-corrected chi connectivity index (χ3v) is 3.91. The smallest absolute Gasteiger partial charge is 0.253 e. The van der Waals surface area contributed by atoms with Gasteiger partial charge >= 0.3 is 0 Å². The molecule has 0 saturated carbocycles. The van der Waals surface area contributed by atoms with E-state index >= 15 is 0 Å². The van der Waals surface area contributed by atoms with E-state index < -0.39 is 0 Å². The molecule has 1 aliphatic heterocycles. The van der Waals surface area contributed by atoms with Crippen molar-refractivity contribution in [2.75, 3.05) is 26.7 Å². The van der Waals surface area contributed by atoms with Crippen LogP contribution < -0.4 is 5.32 Å². The van der Waals surface area contributed by atoms with Crippen molar-refractivity contribution in [3.05, 3.63) is 35.4 Å². The molecule has 1 aromatic carbocycles. The van der Waals surface area contributed by atoms with Gasteiger partial charge in [0.15, 0.2) is 0 Å². The van der Waals surface area contributed by atoms with Crippen molar-refractivity contribution in [1.29, 1.82) is 0 Å². The molecule has 1 N–H and O–H groups in total. The van der Waals surface area contributed by atoms with Gasteiger partial charge < -0.3 is 10.2 Å². The van der Waals surface area contributed by atoms with Gasteiger partial charge in [0, 0.05) is 18.7 Å². The molecule has 19 heavy (non-hydrogen) atoms. The molecule has 104 valence electrons. The van der Waals surface area contributed by atoms with Gasteiger partial charge in [-0.3, -0.25) is 4.79 Å². The molecule has 1 amide bonds. The average molecular weight is 260 g/mol. The number of nitrogens with one attached hydrogen (secondary N) is 1. The van der Waals surface area contributed by atoms with Crippen LogP contribution in [0.15, 0.2) is 24.3 Å². The maximum atomic E-state index is 12.5. The molecule has 1 heterocycles. The summed E-state index contributed by atoms with van der Waals surface area (Å²) in [6, 6.07) is 8.04. The van der Waals surface area contributed by atoms with Crippen LogP contribution in [0.1, 0.15) is 35.7 Å². The number of carbonyl (C=O) groups is 1. The van der Waals surface area contributed by atoms with Gasteiger partial charge in [0.05, 0.1) is 0 Å². The first kappa shape index (κ1) is 14.1. The third kappa shape index (κ3) is 3.57. The summed E-state index contributed by atoms with van der Waals surface area (Å²) in [5.74, 6) is 0.779. The minimum Gasteiger partial charge on any atom is -0.338 e. The molecule has 0 bridgehead atoms. The van der Waals surface area contributed by atoms with Crippen LogP contribution in [0.2, 0.25) is 0 Å². The van der Waals surface area contributed by atoms with Crippen molar-refractivity contribution in [2.24, 2.45) is 5.92 Å². The summed E-state index contributed by atoms with van der Waals surface area (Å²) in [7, 11) is 1.98. The van der Waals surface area contributed by atoms with Crippen LogP contribution in [0, 0.1) is 5.92 Å². The van der Waals surface area contributed by atoms with Gasteiger partial charge in [-0.2, -0.15) is 0 Å². The SMILES string of the molecule is CCc1ccc(C(=O)N2CCCC(CNC)C2)cc1. The monoisotopic (exact) mass is 260 g/mol. The minimum absolute atomic E-state index is 0.184. The fourth-order valence-corrected chi connectivity index (χ4v) is 2.77. The lowest BCUT2D eigenvalue weighted by Crippen LogP contribution is -2.42. The number of hydrogen-bond acceptors (Lipinski definition) is 2. The summed E-state index contributed by atoms with van der Waals surface area (Å²) >= 11 is 0. The first-order valence-corrected chi connectivity index (χ1v) is 7.27. The average Bonchev–Trinajstić information content (AvgIpc) is 2.47. The predicted octanol–water partition coefficient (Wildman–Crippen LogP) is 2.32. The summed E-state index contributed by atoms with van der Waals surface area (Å²) in [6.07, 6.45) is 3.35. The van der Waals surface area contributed by atoms with Crippen molar-refractivity contribution in [3.63, 3.8) is 0 Å². The maximum absolute atomic E-state index is 12.5. The number of amides is 1. The Morgan fingerprint density at radius 3 is 2.74 bits per heavy atom. The Morgan fingerprint density at radius 2 is 2.11 bits per heavy atom. The van der Waals surface area contributed by atoms with Crippen molar-refractivity contribution >= 4 is 5.91 Å². The molecular formula is C16H24N2O. The van der Waals surface area contributed by atoms with E-state index in [1.807, 2.05) is 24.1 Å². The Labute approximate surface area is 116 Å². The molecule has 1 fully saturated rings. The Bertz CT molecular complexity index is 411. The number of benzene rings is 1. The number of carbonyl (C=O) groups excluding carboxylic acids is 1. The summed E-state index contributed by atoms with van der Waals surface area (Å²) in [6.45, 7) is 4.91. The van der Waals surface area contributed by atoms with E-state index in [9.17, 15) is 4.79 Å². The number of piperidine rings is 1. The van der Waals surface area contributed by atoms with Crippen molar-refractivity contribution < 1.29 is 4.79 Å². The largest absolute Gasteiger partial charge is 0.338 e. The number of rotatable bonds is 4. The summed E-state index contributed by atoms with van der Waals surface area (Å²) < 4.78 is 0. The second kappa shape index (κ2) is 6.71. The Morgan fingerprint density at radius 1 is 1.37 bits per heavy atom. The van der Waals surface area contributed by atoms with Gasteiger partial charge in [0.1, 0.15) is 0 Å². The van der Waals surface area contributed by atoms with Gasteiger partial charge in [-0.1, -0.05) is 19.1 Å². The molecule has 1 aromatic rings. The first-order valence-electron chi connectivity index (χ1n) is 7.27. The molecular weight excluding hydrogens is 236 g/mol. The van der Waals surface area contributed by atoms with Gasteiger partial charge in [-0.15, -0.1) is 0 Å². The standard InChI is InChI=1S/C16H24N2O/c1-3-13-6-8-15(9-7-13)16(19)18-10-4-5-14(12-18)11-17-2/h6-9,14,17H,3-5,10-12H2,1-2H3. The quantitative estimate of drug-likeness (QED) is 0.901. The lowest BCUT2D eigenvalue weighted by atomic mass is 9.97. The highest BCUT2D eigenvalue weighted by Crippen LogP contribution is 2.18. The number of aryl methyl sites for hydroxylation is 1. The number of likely N-dealkylation sites (tertiary alicyclic amines) is 1. The van der Waals surface area contributed by atoms with Gasteiger partial charge in [-0.25, -0.2) is 0 Å². The zero-order valence-electron chi connectivity index (χ0n) is 12.0. The Kier molecular flexibility index (Phi) is 4.97. The van der Waals surface area contributed by atoms with Crippen LogP contribution >= 0.6 is 0 Å². The van der Waals surface area contributed by atoms with Crippen molar-refractivity contribution in [3.8, 4) is 0 Å². The fourth-order valence-electron chi connectivity index (χ4n) is 2.77. The zero-order chi connectivity index (χ0) is 13.7. The van der Waals surface area contributed by atoms with Crippen LogP contribution in [-0.4, -0.2) is 37.5 Å². The van der Waals surface area contributed by atoms with E-state index in [2.05, 4.69) is 24.4 Å². The van der Waals surface area contributed by atoms with E-state index in [1.54, 1.807) is 0 Å². The van der Waals surface area contributed by atoms with Crippen LogP contribution in [0.4, 0.5) is 0 Å². The lowest BCUT2D eigenvalue weighted by molar-refractivity contribution is 0.0674. The molecule has 1 unspecified atom stereocenters. The van der Waals surface area contributed by atoms with Crippen LogP contribution in [-0.2, 0) is 6.42 Å². The maximum Gasteiger partial charge on any atom is 0.253 e. The molecule has 1 saturated heterocycles. The second-order valence-electron chi connectivity index (χ2n) is 5.37. The van der Waals surface area contributed by atoms with Crippen molar-refractivity contribution in [1.82, 2.24) is 10.2 Å². The molecule has 2 rings (SSSR count). The molecule has 0 aliphatic carbocycles. The molecule has 3 nitrogen and oxygen atoms in total. The topological polar surface area (TPSA) is 32.3 Å². The predicted molar refractivity (Wildman–Crippen MR) is 78.4 cm³/mol. The summed E-state index contributed by atoms with van der Waals surface area (Å²) in [4.78, 5) is 14.5. The number of hydrogen-bond donors (Lipinski definition) is 1. The van der Waals surface area contributed by atoms with Crippen LogP contribution in [0.5, 0.6) is 0 Å². The molecule has 3 heteroatoms. The minimum atomic E-state index is 0.184.